The second kappa shape index (κ2) is 3.64. The van der Waals surface area contributed by atoms with E-state index in [0.717, 1.165) is 36.4 Å². The normalized spacial score (nSPS) is 31.3. The lowest BCUT2D eigenvalue weighted by atomic mass is 9.51. The fourth-order valence-corrected chi connectivity index (χ4v) is 4.39. The quantitative estimate of drug-likeness (QED) is 0.798. The smallest absolute Gasteiger partial charge is 0.192 e. The van der Waals surface area contributed by atoms with Gasteiger partial charge >= 0.3 is 0 Å². The third kappa shape index (κ3) is 1.32. The van der Waals surface area contributed by atoms with Gasteiger partial charge in [-0.1, -0.05) is 26.8 Å². The summed E-state index contributed by atoms with van der Waals surface area (Å²) >= 11 is 0. The van der Waals surface area contributed by atoms with Gasteiger partial charge < -0.3 is 9.73 Å². The van der Waals surface area contributed by atoms with Gasteiger partial charge in [0.1, 0.15) is 5.52 Å². The molecule has 4 rings (SSSR count). The zero-order valence-electron chi connectivity index (χ0n) is 12.7. The molecule has 0 spiro atoms. The molecule has 3 heteroatoms. The lowest BCUT2D eigenvalue weighted by Gasteiger charge is -2.57. The highest BCUT2D eigenvalue weighted by Crippen LogP contribution is 2.55. The topological polar surface area (TPSA) is 38.1 Å². The molecule has 0 amide bonds. The average Bonchev–Trinajstić information content (AvgIpc) is 2.72. The summed E-state index contributed by atoms with van der Waals surface area (Å²) < 4.78 is 5.76. The van der Waals surface area contributed by atoms with Gasteiger partial charge in [-0.3, -0.25) is 0 Å². The third-order valence-corrected chi connectivity index (χ3v) is 6.04. The maximum absolute atomic E-state index is 5.76. The van der Waals surface area contributed by atoms with E-state index in [9.17, 15) is 0 Å². The Morgan fingerprint density at radius 2 is 2.10 bits per heavy atom. The van der Waals surface area contributed by atoms with Crippen LogP contribution in [0.15, 0.2) is 16.5 Å². The molecule has 0 radical (unpaired) electrons. The molecule has 1 saturated heterocycles. The van der Waals surface area contributed by atoms with Gasteiger partial charge in [0.05, 0.1) is 0 Å². The lowest BCUT2D eigenvalue weighted by Crippen LogP contribution is -2.62. The second-order valence-electron chi connectivity index (χ2n) is 7.19. The minimum Gasteiger partial charge on any atom is -0.441 e. The number of piperidine rings is 1. The molecule has 1 N–H and O–H groups in total. The van der Waals surface area contributed by atoms with Crippen LogP contribution in [0.1, 0.15) is 44.2 Å². The molecule has 0 saturated carbocycles. The number of aromatic nitrogens is 1. The van der Waals surface area contributed by atoms with Crippen LogP contribution in [0.5, 0.6) is 0 Å². The Bertz CT molecular complexity index is 700. The van der Waals surface area contributed by atoms with Crippen molar-refractivity contribution in [2.24, 2.45) is 5.41 Å². The SMILES string of the molecule is Cc1nc2c3c(ccc2o1)C[C@H]1NCC[C@]3(C)C1(C)C. The maximum atomic E-state index is 5.76. The number of hydrogen-bond acceptors (Lipinski definition) is 3. The van der Waals surface area contributed by atoms with Crippen LogP contribution >= 0.6 is 0 Å². The van der Waals surface area contributed by atoms with Crippen LogP contribution in [0.4, 0.5) is 0 Å². The van der Waals surface area contributed by atoms with Crippen LogP contribution in [0.25, 0.3) is 11.1 Å². The predicted octanol–water partition coefficient (Wildman–Crippen LogP) is 3.34. The Hall–Kier alpha value is -1.35. The molecule has 0 unspecified atom stereocenters. The first-order valence-electron chi connectivity index (χ1n) is 7.56. The van der Waals surface area contributed by atoms with Crippen LogP contribution < -0.4 is 5.32 Å². The van der Waals surface area contributed by atoms with Crippen LogP contribution in [0, 0.1) is 12.3 Å². The molecule has 2 bridgehead atoms. The summed E-state index contributed by atoms with van der Waals surface area (Å²) in [4.78, 5) is 4.70. The number of hydrogen-bond donors (Lipinski definition) is 1. The van der Waals surface area contributed by atoms with Gasteiger partial charge in [-0.2, -0.15) is 0 Å². The number of rotatable bonds is 0. The zero-order chi connectivity index (χ0) is 14.1. The summed E-state index contributed by atoms with van der Waals surface area (Å²) in [6.45, 7) is 10.3. The summed E-state index contributed by atoms with van der Waals surface area (Å²) in [6, 6.07) is 4.89. The van der Waals surface area contributed by atoms with Crippen molar-refractivity contribution in [3.63, 3.8) is 0 Å². The maximum Gasteiger partial charge on any atom is 0.192 e. The molecule has 1 aromatic heterocycles. The van der Waals surface area contributed by atoms with Crippen LogP contribution in [-0.4, -0.2) is 17.6 Å². The fraction of sp³-hybridized carbons (Fsp3) is 0.588. The summed E-state index contributed by atoms with van der Waals surface area (Å²) in [7, 11) is 0. The number of aryl methyl sites for hydroxylation is 1. The molecule has 1 aromatic carbocycles. The summed E-state index contributed by atoms with van der Waals surface area (Å²) in [5.41, 5.74) is 5.32. The Labute approximate surface area is 119 Å². The molecule has 2 aromatic rings. The zero-order valence-corrected chi connectivity index (χ0v) is 12.7. The van der Waals surface area contributed by atoms with E-state index in [4.69, 9.17) is 9.40 Å². The Morgan fingerprint density at radius 3 is 2.90 bits per heavy atom. The van der Waals surface area contributed by atoms with Crippen molar-refractivity contribution in [3.05, 3.63) is 29.2 Å². The molecule has 106 valence electrons. The highest BCUT2D eigenvalue weighted by molar-refractivity contribution is 5.80. The average molecular weight is 270 g/mol. The number of fused-ring (bicyclic) bond motifs is 6. The molecule has 2 atom stereocenters. The van der Waals surface area contributed by atoms with E-state index in [1.54, 1.807) is 0 Å². The van der Waals surface area contributed by atoms with E-state index in [1.807, 2.05) is 6.92 Å². The minimum absolute atomic E-state index is 0.166. The standard InChI is InChI=1S/C17H22N2O/c1-10-19-15-12(20-10)6-5-11-9-13-16(2,3)17(4,14(11)15)7-8-18-13/h5-6,13,18H,7-9H2,1-4H3/t13-,17+/m1/s1. The van der Waals surface area contributed by atoms with Gasteiger partial charge in [-0.15, -0.1) is 0 Å². The van der Waals surface area contributed by atoms with Crippen LogP contribution in [0.2, 0.25) is 0 Å². The molecular formula is C17H22N2O. The molecule has 1 aliphatic heterocycles. The molecule has 2 heterocycles. The predicted molar refractivity (Wildman–Crippen MR) is 80.0 cm³/mol. The number of oxazole rings is 1. The Morgan fingerprint density at radius 1 is 1.30 bits per heavy atom. The molecule has 2 aliphatic rings. The first-order chi connectivity index (χ1) is 9.43. The minimum atomic E-state index is 0.166. The summed E-state index contributed by atoms with van der Waals surface area (Å²) in [5, 5.41) is 3.72. The van der Waals surface area contributed by atoms with Gasteiger partial charge in [-0.05, 0) is 42.0 Å². The van der Waals surface area contributed by atoms with Crippen molar-refractivity contribution in [1.82, 2.24) is 10.3 Å². The second-order valence-corrected chi connectivity index (χ2v) is 7.19. The number of nitrogens with one attached hydrogen (secondary N) is 1. The van der Waals surface area contributed by atoms with Crippen molar-refractivity contribution in [1.29, 1.82) is 0 Å². The van der Waals surface area contributed by atoms with Crippen molar-refractivity contribution >= 4 is 11.1 Å². The first-order valence-corrected chi connectivity index (χ1v) is 7.56. The summed E-state index contributed by atoms with van der Waals surface area (Å²) in [6.07, 6.45) is 2.26. The molecule has 1 fully saturated rings. The monoisotopic (exact) mass is 270 g/mol. The lowest BCUT2D eigenvalue weighted by molar-refractivity contribution is 0.0571. The van der Waals surface area contributed by atoms with Crippen LogP contribution in [0.3, 0.4) is 0 Å². The van der Waals surface area contributed by atoms with Crippen molar-refractivity contribution in [2.45, 2.75) is 52.0 Å². The van der Waals surface area contributed by atoms with E-state index in [1.165, 1.54) is 11.1 Å². The van der Waals surface area contributed by atoms with Crippen molar-refractivity contribution in [3.8, 4) is 0 Å². The molecule has 3 nitrogen and oxygen atoms in total. The number of benzene rings is 1. The van der Waals surface area contributed by atoms with Crippen molar-refractivity contribution < 1.29 is 4.42 Å². The van der Waals surface area contributed by atoms with Gasteiger partial charge in [0, 0.05) is 18.4 Å². The van der Waals surface area contributed by atoms with E-state index in [2.05, 4.69) is 38.2 Å². The van der Waals surface area contributed by atoms with Gasteiger partial charge in [0.25, 0.3) is 0 Å². The largest absolute Gasteiger partial charge is 0.441 e. The molecule has 20 heavy (non-hydrogen) atoms. The molecule has 1 aliphatic carbocycles. The molecular weight excluding hydrogens is 248 g/mol. The fourth-order valence-electron chi connectivity index (χ4n) is 4.39. The van der Waals surface area contributed by atoms with E-state index in [0.29, 0.717) is 6.04 Å². The van der Waals surface area contributed by atoms with Gasteiger partial charge in [0.15, 0.2) is 11.5 Å². The Balaban J connectivity index is 2.08. The van der Waals surface area contributed by atoms with Gasteiger partial charge in [-0.25, -0.2) is 4.98 Å². The van der Waals surface area contributed by atoms with Crippen LogP contribution in [-0.2, 0) is 11.8 Å². The van der Waals surface area contributed by atoms with Crippen molar-refractivity contribution in [2.75, 3.05) is 6.54 Å². The van der Waals surface area contributed by atoms with E-state index >= 15 is 0 Å². The van der Waals surface area contributed by atoms with E-state index < -0.39 is 0 Å². The first kappa shape index (κ1) is 12.4. The van der Waals surface area contributed by atoms with Gasteiger partial charge in [0.2, 0.25) is 0 Å². The highest BCUT2D eigenvalue weighted by Gasteiger charge is 2.54. The third-order valence-electron chi connectivity index (χ3n) is 6.04. The summed E-state index contributed by atoms with van der Waals surface area (Å²) in [5.74, 6) is 0.769. The van der Waals surface area contributed by atoms with E-state index in [-0.39, 0.29) is 10.8 Å². The highest BCUT2D eigenvalue weighted by atomic mass is 16.3. The Kier molecular flexibility index (Phi) is 2.26. The number of nitrogens with zero attached hydrogens (tertiary/aromatic N) is 1.